The first-order chi connectivity index (χ1) is 19.5. The average Bonchev–Trinajstić information content (AvgIpc) is 3.25. The first-order valence-electron chi connectivity index (χ1n) is 14.2. The number of benzene rings is 4. The molecule has 2 aliphatic rings. The molecule has 0 atom stereocenters. The molecule has 1 fully saturated rings. The van der Waals surface area contributed by atoms with Crippen LogP contribution in [-0.2, 0) is 22.0 Å². The normalized spacial score (nSPS) is 16.6. The van der Waals surface area contributed by atoms with Crippen LogP contribution in [0, 0.1) is 11.6 Å². The average molecular weight is 537 g/mol. The minimum absolute atomic E-state index is 0.128. The van der Waals surface area contributed by atoms with Crippen molar-refractivity contribution in [3.63, 3.8) is 0 Å². The van der Waals surface area contributed by atoms with Gasteiger partial charge >= 0.3 is 0 Å². The highest BCUT2D eigenvalue weighted by atomic mass is 19.1. The largest absolute Gasteiger partial charge is 0.325 e. The molecule has 1 N–H and O–H groups in total. The Morgan fingerprint density at radius 1 is 0.750 bits per heavy atom. The van der Waals surface area contributed by atoms with Gasteiger partial charge in [-0.25, -0.2) is 8.78 Å². The number of anilines is 1. The number of carbonyl (C=O) groups is 1. The molecule has 4 aromatic rings. The van der Waals surface area contributed by atoms with Gasteiger partial charge in [0, 0.05) is 11.1 Å². The summed E-state index contributed by atoms with van der Waals surface area (Å²) in [7, 11) is 0. The van der Waals surface area contributed by atoms with Crippen LogP contribution >= 0.6 is 0 Å². The van der Waals surface area contributed by atoms with Gasteiger partial charge in [-0.1, -0.05) is 72.8 Å². The van der Waals surface area contributed by atoms with Gasteiger partial charge in [0.2, 0.25) is 5.91 Å². The second-order valence-corrected chi connectivity index (χ2v) is 11.3. The summed E-state index contributed by atoms with van der Waals surface area (Å²) in [5.41, 5.74) is 4.46. The first kappa shape index (κ1) is 26.4. The van der Waals surface area contributed by atoms with Gasteiger partial charge in [-0.05, 0) is 104 Å². The molecule has 0 radical (unpaired) electrons. The SMILES string of the molecule is O=C1Nc2ccccc2C12CCN(CCCC(Cc1ccccc1)(c1ccc(F)cc1)c1ccc(F)cc1)CC2. The molecule has 40 heavy (non-hydrogen) atoms. The number of hydrogen-bond acceptors (Lipinski definition) is 2. The zero-order valence-electron chi connectivity index (χ0n) is 22.6. The molecule has 0 unspecified atom stereocenters. The lowest BCUT2D eigenvalue weighted by molar-refractivity contribution is -0.122. The van der Waals surface area contributed by atoms with Crippen molar-refractivity contribution in [3.05, 3.63) is 137 Å². The minimum Gasteiger partial charge on any atom is -0.325 e. The van der Waals surface area contributed by atoms with E-state index in [0.29, 0.717) is 0 Å². The van der Waals surface area contributed by atoms with Crippen LogP contribution in [0.25, 0.3) is 0 Å². The Bertz CT molecular complexity index is 1410. The van der Waals surface area contributed by atoms with Gasteiger partial charge in [-0.3, -0.25) is 4.79 Å². The Balaban J connectivity index is 1.23. The fraction of sp³-hybridized carbons (Fsp3) is 0.286. The van der Waals surface area contributed by atoms with Gasteiger partial charge < -0.3 is 10.2 Å². The predicted octanol–water partition coefficient (Wildman–Crippen LogP) is 7.26. The topological polar surface area (TPSA) is 32.3 Å². The highest BCUT2D eigenvalue weighted by molar-refractivity contribution is 6.06. The fourth-order valence-electron chi connectivity index (χ4n) is 6.86. The van der Waals surface area contributed by atoms with Gasteiger partial charge in [-0.15, -0.1) is 0 Å². The van der Waals surface area contributed by atoms with E-state index in [9.17, 15) is 13.6 Å². The number of amides is 1. The quantitative estimate of drug-likeness (QED) is 0.257. The molecular weight excluding hydrogens is 502 g/mol. The van der Waals surface area contributed by atoms with E-state index in [4.69, 9.17) is 0 Å². The van der Waals surface area contributed by atoms with Crippen molar-refractivity contribution in [2.45, 2.75) is 42.9 Å². The Hall–Kier alpha value is -3.83. The lowest BCUT2D eigenvalue weighted by atomic mass is 9.67. The molecule has 0 aromatic heterocycles. The molecule has 1 amide bonds. The van der Waals surface area contributed by atoms with Crippen molar-refractivity contribution in [2.75, 3.05) is 25.0 Å². The van der Waals surface area contributed by atoms with Crippen LogP contribution in [0.2, 0.25) is 0 Å². The molecule has 2 aliphatic heterocycles. The Morgan fingerprint density at radius 3 is 1.95 bits per heavy atom. The number of hydrogen-bond donors (Lipinski definition) is 1. The van der Waals surface area contributed by atoms with Gasteiger partial charge in [0.15, 0.2) is 0 Å². The van der Waals surface area contributed by atoms with E-state index >= 15 is 0 Å². The van der Waals surface area contributed by atoms with E-state index in [1.807, 2.05) is 60.7 Å². The Labute approximate surface area is 234 Å². The third kappa shape index (κ3) is 4.95. The maximum Gasteiger partial charge on any atom is 0.235 e. The van der Waals surface area contributed by atoms with Crippen molar-refractivity contribution in [3.8, 4) is 0 Å². The van der Waals surface area contributed by atoms with Gasteiger partial charge in [0.1, 0.15) is 11.6 Å². The molecular formula is C35H34F2N2O. The Kier molecular flexibility index (Phi) is 7.24. The smallest absolute Gasteiger partial charge is 0.235 e. The lowest BCUT2D eigenvalue weighted by Crippen LogP contribution is -2.46. The summed E-state index contributed by atoms with van der Waals surface area (Å²) in [6.45, 7) is 2.62. The number of piperidine rings is 1. The number of fused-ring (bicyclic) bond motifs is 2. The zero-order chi connectivity index (χ0) is 27.6. The van der Waals surface area contributed by atoms with Gasteiger partial charge in [0.25, 0.3) is 0 Å². The summed E-state index contributed by atoms with van der Waals surface area (Å²) in [6.07, 6.45) is 4.08. The van der Waals surface area contributed by atoms with E-state index in [1.54, 1.807) is 0 Å². The number of halogens is 2. The Morgan fingerprint density at radius 2 is 1.32 bits per heavy atom. The second-order valence-electron chi connectivity index (χ2n) is 11.3. The van der Waals surface area contributed by atoms with Crippen LogP contribution in [0.5, 0.6) is 0 Å². The van der Waals surface area contributed by atoms with Crippen molar-refractivity contribution >= 4 is 11.6 Å². The molecule has 1 saturated heterocycles. The van der Waals surface area contributed by atoms with E-state index in [2.05, 4.69) is 28.4 Å². The fourth-order valence-corrected chi connectivity index (χ4v) is 6.86. The number of nitrogens with one attached hydrogen (secondary N) is 1. The molecule has 3 nitrogen and oxygen atoms in total. The molecule has 204 valence electrons. The number of para-hydroxylation sites is 1. The molecule has 1 spiro atoms. The highest BCUT2D eigenvalue weighted by Gasteiger charge is 2.48. The number of nitrogens with zero attached hydrogens (tertiary/aromatic N) is 1. The predicted molar refractivity (Wildman–Crippen MR) is 155 cm³/mol. The standard InChI is InChI=1S/C35H34F2N2O/c36-29-15-11-27(12-16-29)35(25-26-7-2-1-3-8-26,28-13-17-30(37)18-14-28)19-6-22-39-23-20-34(21-24-39)31-9-4-5-10-32(31)38-33(34)40/h1-5,7-18H,6,19-25H2,(H,38,40). The monoisotopic (exact) mass is 536 g/mol. The number of carbonyl (C=O) groups excluding carboxylic acids is 1. The van der Waals surface area contributed by atoms with Crippen LogP contribution in [-0.4, -0.2) is 30.4 Å². The molecule has 6 rings (SSSR count). The van der Waals surface area contributed by atoms with Crippen LogP contribution < -0.4 is 5.32 Å². The second kappa shape index (κ2) is 11.0. The maximum absolute atomic E-state index is 14.0. The summed E-state index contributed by atoms with van der Waals surface area (Å²) in [5, 5.41) is 3.09. The maximum atomic E-state index is 14.0. The number of likely N-dealkylation sites (tertiary alicyclic amines) is 1. The van der Waals surface area contributed by atoms with Crippen LogP contribution in [0.4, 0.5) is 14.5 Å². The minimum atomic E-state index is -0.440. The van der Waals surface area contributed by atoms with Crippen LogP contribution in [0.15, 0.2) is 103 Å². The van der Waals surface area contributed by atoms with Crippen LogP contribution in [0.1, 0.15) is 47.9 Å². The van der Waals surface area contributed by atoms with E-state index in [1.165, 1.54) is 29.8 Å². The van der Waals surface area contributed by atoms with Crippen molar-refractivity contribution in [1.82, 2.24) is 4.90 Å². The first-order valence-corrected chi connectivity index (χ1v) is 14.2. The molecule has 2 heterocycles. The molecule has 0 saturated carbocycles. The summed E-state index contributed by atoms with van der Waals surface area (Å²) in [4.78, 5) is 15.5. The van der Waals surface area contributed by atoms with Crippen LogP contribution in [0.3, 0.4) is 0 Å². The van der Waals surface area contributed by atoms with E-state index in [-0.39, 0.29) is 17.5 Å². The summed E-state index contributed by atoms with van der Waals surface area (Å²) in [6, 6.07) is 32.0. The van der Waals surface area contributed by atoms with E-state index in [0.717, 1.165) is 74.1 Å². The molecule has 5 heteroatoms. The lowest BCUT2D eigenvalue weighted by Gasteiger charge is -2.39. The van der Waals surface area contributed by atoms with Crippen molar-refractivity contribution < 1.29 is 13.6 Å². The summed E-state index contributed by atoms with van der Waals surface area (Å²) < 4.78 is 28.0. The molecule has 4 aromatic carbocycles. The molecule has 0 bridgehead atoms. The van der Waals surface area contributed by atoms with Gasteiger partial charge in [0.05, 0.1) is 5.41 Å². The summed E-state index contributed by atoms with van der Waals surface area (Å²) in [5.74, 6) is -0.407. The van der Waals surface area contributed by atoms with E-state index < -0.39 is 10.8 Å². The van der Waals surface area contributed by atoms with Crippen molar-refractivity contribution in [1.29, 1.82) is 0 Å². The zero-order valence-corrected chi connectivity index (χ0v) is 22.6. The highest BCUT2D eigenvalue weighted by Crippen LogP contribution is 2.45. The summed E-state index contributed by atoms with van der Waals surface area (Å²) >= 11 is 0. The third-order valence-electron chi connectivity index (χ3n) is 9.06. The molecule has 0 aliphatic carbocycles. The number of rotatable bonds is 8. The van der Waals surface area contributed by atoms with Crippen molar-refractivity contribution in [2.24, 2.45) is 0 Å². The van der Waals surface area contributed by atoms with Gasteiger partial charge in [-0.2, -0.15) is 0 Å². The third-order valence-corrected chi connectivity index (χ3v) is 9.06.